The second-order valence-electron chi connectivity index (χ2n) is 8.58. The molecule has 0 fully saturated rings. The molecule has 2 aromatic carbocycles. The molecule has 0 saturated carbocycles. The van der Waals surface area contributed by atoms with E-state index in [2.05, 4.69) is 5.32 Å². The van der Waals surface area contributed by atoms with Gasteiger partial charge in [0, 0.05) is 47.5 Å². The zero-order chi connectivity index (χ0) is 24.7. The molecule has 7 nitrogen and oxygen atoms in total. The smallest absolute Gasteiger partial charge is 0.259 e. The number of nitrogens with zero attached hydrogens (tertiary/aromatic N) is 2. The molecule has 2 atom stereocenters. The Hall–Kier alpha value is -3.68. The lowest BCUT2D eigenvalue weighted by molar-refractivity contribution is -0.122. The van der Waals surface area contributed by atoms with E-state index in [1.54, 1.807) is 0 Å². The first kappa shape index (κ1) is 23.1. The van der Waals surface area contributed by atoms with Gasteiger partial charge in [-0.15, -0.1) is 0 Å². The number of amides is 2. The number of carbonyl (C=O) groups excluding carboxylic acids is 2. The Morgan fingerprint density at radius 1 is 0.714 bits per heavy atom. The molecule has 180 valence electrons. The largest absolute Gasteiger partial charge is 0.359 e. The van der Waals surface area contributed by atoms with Gasteiger partial charge in [0.15, 0.2) is 0 Å². The molecule has 7 heteroatoms. The number of carbonyl (C=O) groups is 2. The maximum absolute atomic E-state index is 13.2. The first-order valence-corrected chi connectivity index (χ1v) is 12.0. The number of para-hydroxylation sites is 2. The van der Waals surface area contributed by atoms with Gasteiger partial charge in [0.1, 0.15) is 12.5 Å². The summed E-state index contributed by atoms with van der Waals surface area (Å²) in [7, 11) is 0. The van der Waals surface area contributed by atoms with Crippen LogP contribution < -0.4 is 5.32 Å². The van der Waals surface area contributed by atoms with Crippen LogP contribution in [0.1, 0.15) is 51.3 Å². The second-order valence-corrected chi connectivity index (χ2v) is 8.58. The van der Waals surface area contributed by atoms with E-state index in [0.717, 1.165) is 21.8 Å². The van der Waals surface area contributed by atoms with Gasteiger partial charge in [0.25, 0.3) is 11.8 Å². The SMILES string of the molecule is CCOC(C)n1cc(C2=C(c3cn(C(C)OCC)c4ccccc34)C(=O)NC2=O)c2ccccc21. The zero-order valence-corrected chi connectivity index (χ0v) is 20.4. The molecule has 1 aliphatic rings. The number of nitrogens with one attached hydrogen (secondary N) is 1. The van der Waals surface area contributed by atoms with Crippen molar-refractivity contribution in [2.45, 2.75) is 40.2 Å². The molecule has 5 rings (SSSR count). The van der Waals surface area contributed by atoms with E-state index in [4.69, 9.17) is 9.47 Å². The van der Waals surface area contributed by atoms with Crippen LogP contribution in [0.15, 0.2) is 60.9 Å². The van der Waals surface area contributed by atoms with Crippen LogP contribution >= 0.6 is 0 Å². The fourth-order valence-electron chi connectivity index (χ4n) is 5.02. The van der Waals surface area contributed by atoms with Crippen molar-refractivity contribution in [2.24, 2.45) is 0 Å². The summed E-state index contributed by atoms with van der Waals surface area (Å²) in [5.41, 5.74) is 4.05. The molecule has 3 heterocycles. The summed E-state index contributed by atoms with van der Waals surface area (Å²) in [5, 5.41) is 4.32. The summed E-state index contributed by atoms with van der Waals surface area (Å²) in [6, 6.07) is 15.7. The molecule has 2 unspecified atom stereocenters. The van der Waals surface area contributed by atoms with Gasteiger partial charge in [0.2, 0.25) is 0 Å². The lowest BCUT2D eigenvalue weighted by Crippen LogP contribution is -2.22. The van der Waals surface area contributed by atoms with Crippen molar-refractivity contribution in [3.05, 3.63) is 72.1 Å². The Balaban J connectivity index is 1.79. The van der Waals surface area contributed by atoms with Gasteiger partial charge < -0.3 is 18.6 Å². The number of hydrogen-bond donors (Lipinski definition) is 1. The molecule has 2 amide bonds. The molecule has 0 spiro atoms. The van der Waals surface area contributed by atoms with Crippen molar-refractivity contribution in [2.75, 3.05) is 13.2 Å². The van der Waals surface area contributed by atoms with Crippen molar-refractivity contribution < 1.29 is 19.1 Å². The lowest BCUT2D eigenvalue weighted by Gasteiger charge is -2.14. The van der Waals surface area contributed by atoms with Crippen LogP contribution in [-0.2, 0) is 19.1 Å². The highest BCUT2D eigenvalue weighted by Gasteiger charge is 2.35. The van der Waals surface area contributed by atoms with Gasteiger partial charge in [-0.05, 0) is 39.8 Å². The van der Waals surface area contributed by atoms with Crippen LogP contribution in [0.2, 0.25) is 0 Å². The van der Waals surface area contributed by atoms with Gasteiger partial charge in [-0.3, -0.25) is 14.9 Å². The normalized spacial score (nSPS) is 15.9. The third kappa shape index (κ3) is 3.77. The fraction of sp³-hybridized carbons (Fsp3) is 0.286. The molecule has 2 aromatic heterocycles. The average molecular weight is 472 g/mol. The topological polar surface area (TPSA) is 74.5 Å². The predicted octanol–water partition coefficient (Wildman–Crippen LogP) is 5.27. The average Bonchev–Trinajstić information content (AvgIpc) is 3.50. The first-order valence-electron chi connectivity index (χ1n) is 12.0. The van der Waals surface area contributed by atoms with Crippen molar-refractivity contribution in [1.82, 2.24) is 14.5 Å². The van der Waals surface area contributed by atoms with E-state index < -0.39 is 11.8 Å². The number of hydrogen-bond acceptors (Lipinski definition) is 4. The summed E-state index contributed by atoms with van der Waals surface area (Å²) in [4.78, 5) is 26.5. The molecule has 1 aliphatic heterocycles. The van der Waals surface area contributed by atoms with E-state index in [1.807, 2.05) is 97.8 Å². The standard InChI is InChI=1S/C28H29N3O4/c1-5-34-17(3)30-15-21(19-11-7-9-13-23(19)30)25-26(28(33)29-27(25)32)22-16-31(18(4)35-6-2)24-14-10-8-12-20(22)24/h7-18H,5-6H2,1-4H3,(H,29,32,33). The lowest BCUT2D eigenvalue weighted by atomic mass is 9.95. The monoisotopic (exact) mass is 471 g/mol. The van der Waals surface area contributed by atoms with Crippen molar-refractivity contribution >= 4 is 44.8 Å². The van der Waals surface area contributed by atoms with Crippen LogP contribution in [0.25, 0.3) is 33.0 Å². The van der Waals surface area contributed by atoms with Crippen molar-refractivity contribution in [1.29, 1.82) is 0 Å². The number of fused-ring (bicyclic) bond motifs is 2. The van der Waals surface area contributed by atoms with Crippen LogP contribution in [0.4, 0.5) is 0 Å². The highest BCUT2D eigenvalue weighted by atomic mass is 16.5. The fourth-order valence-corrected chi connectivity index (χ4v) is 5.02. The Morgan fingerprint density at radius 3 is 1.51 bits per heavy atom. The Bertz CT molecular complexity index is 1370. The van der Waals surface area contributed by atoms with Crippen LogP contribution in [0, 0.1) is 0 Å². The Kier molecular flexibility index (Phi) is 6.05. The Morgan fingerprint density at radius 2 is 1.11 bits per heavy atom. The highest BCUT2D eigenvalue weighted by molar-refractivity contribution is 6.50. The first-order chi connectivity index (χ1) is 17.0. The number of aromatic nitrogens is 2. The van der Waals surface area contributed by atoms with Crippen LogP contribution in [0.3, 0.4) is 0 Å². The van der Waals surface area contributed by atoms with E-state index in [0.29, 0.717) is 35.5 Å². The minimum absolute atomic E-state index is 0.225. The van der Waals surface area contributed by atoms with E-state index in [9.17, 15) is 9.59 Å². The molecule has 0 bridgehead atoms. The predicted molar refractivity (Wildman–Crippen MR) is 137 cm³/mol. The number of rotatable bonds is 8. The quantitative estimate of drug-likeness (QED) is 0.355. The maximum atomic E-state index is 13.2. The van der Waals surface area contributed by atoms with Crippen molar-refractivity contribution in [3.8, 4) is 0 Å². The number of ether oxygens (including phenoxy) is 2. The van der Waals surface area contributed by atoms with Gasteiger partial charge >= 0.3 is 0 Å². The molecule has 0 saturated heterocycles. The minimum atomic E-state index is -0.397. The highest BCUT2D eigenvalue weighted by Crippen LogP contribution is 2.40. The molecule has 4 aromatic rings. The third-order valence-electron chi connectivity index (χ3n) is 6.55. The summed E-state index contributed by atoms with van der Waals surface area (Å²) in [6.45, 7) is 8.97. The second kappa shape index (κ2) is 9.17. The van der Waals surface area contributed by atoms with E-state index in [-0.39, 0.29) is 12.5 Å². The van der Waals surface area contributed by atoms with Gasteiger partial charge in [-0.2, -0.15) is 0 Å². The van der Waals surface area contributed by atoms with E-state index in [1.165, 1.54) is 0 Å². The third-order valence-corrected chi connectivity index (χ3v) is 6.55. The molecular formula is C28H29N3O4. The Labute approximate surface area is 203 Å². The van der Waals surface area contributed by atoms with Gasteiger partial charge in [-0.1, -0.05) is 36.4 Å². The molecule has 0 radical (unpaired) electrons. The van der Waals surface area contributed by atoms with Gasteiger partial charge in [-0.25, -0.2) is 0 Å². The summed E-state index contributed by atoms with van der Waals surface area (Å²) in [6.07, 6.45) is 3.38. The zero-order valence-electron chi connectivity index (χ0n) is 20.4. The molecular weight excluding hydrogens is 442 g/mol. The van der Waals surface area contributed by atoms with Crippen molar-refractivity contribution in [3.63, 3.8) is 0 Å². The summed E-state index contributed by atoms with van der Waals surface area (Å²) >= 11 is 0. The molecule has 0 aliphatic carbocycles. The summed E-state index contributed by atoms with van der Waals surface area (Å²) < 4.78 is 15.7. The number of benzene rings is 2. The van der Waals surface area contributed by atoms with Crippen LogP contribution in [-0.4, -0.2) is 34.2 Å². The van der Waals surface area contributed by atoms with E-state index >= 15 is 0 Å². The molecule has 35 heavy (non-hydrogen) atoms. The molecule has 1 N–H and O–H groups in total. The minimum Gasteiger partial charge on any atom is -0.359 e. The summed E-state index contributed by atoms with van der Waals surface area (Å²) in [5.74, 6) is -0.793. The maximum Gasteiger partial charge on any atom is 0.259 e. The number of imide groups is 1. The van der Waals surface area contributed by atoms with Gasteiger partial charge in [0.05, 0.1) is 22.2 Å². The van der Waals surface area contributed by atoms with Crippen LogP contribution in [0.5, 0.6) is 0 Å².